The minimum Gasteiger partial charge on any atom is -0.376 e. The van der Waals surface area contributed by atoms with Crippen LogP contribution in [0.15, 0.2) is 12.1 Å². The third-order valence-corrected chi connectivity index (χ3v) is 4.37. The monoisotopic (exact) mass is 348 g/mol. The predicted molar refractivity (Wildman–Crippen MR) is 84.7 cm³/mol. The first kappa shape index (κ1) is 15.4. The van der Waals surface area contributed by atoms with Gasteiger partial charge in [0.25, 0.3) is 0 Å². The SMILES string of the molecule is ClCCc1nc2cc(Cl)c(Cl)cc2n1CC1COCCO1. The Morgan fingerprint density at radius 2 is 2.05 bits per heavy atom. The molecule has 0 amide bonds. The number of imidazole rings is 1. The molecule has 0 spiro atoms. The number of halogens is 3. The van der Waals surface area contributed by atoms with Gasteiger partial charge in [-0.25, -0.2) is 4.98 Å². The highest BCUT2D eigenvalue weighted by atomic mass is 35.5. The van der Waals surface area contributed by atoms with E-state index in [2.05, 4.69) is 9.55 Å². The Hall–Kier alpha value is -0.520. The lowest BCUT2D eigenvalue weighted by atomic mass is 10.3. The van der Waals surface area contributed by atoms with Gasteiger partial charge < -0.3 is 14.0 Å². The summed E-state index contributed by atoms with van der Waals surface area (Å²) in [6.07, 6.45) is 0.693. The first-order valence-corrected chi connectivity index (χ1v) is 8.07. The van der Waals surface area contributed by atoms with Gasteiger partial charge in [0.2, 0.25) is 0 Å². The minimum absolute atomic E-state index is 0.0136. The molecule has 114 valence electrons. The number of aryl methyl sites for hydroxylation is 1. The van der Waals surface area contributed by atoms with E-state index < -0.39 is 0 Å². The van der Waals surface area contributed by atoms with Gasteiger partial charge in [0, 0.05) is 12.3 Å². The van der Waals surface area contributed by atoms with Crippen LogP contribution in [0.2, 0.25) is 10.0 Å². The molecule has 2 aromatic rings. The maximum absolute atomic E-state index is 6.13. The minimum atomic E-state index is 0.0136. The van der Waals surface area contributed by atoms with E-state index in [4.69, 9.17) is 44.3 Å². The highest BCUT2D eigenvalue weighted by Crippen LogP contribution is 2.29. The van der Waals surface area contributed by atoms with Gasteiger partial charge in [0.05, 0.1) is 53.5 Å². The highest BCUT2D eigenvalue weighted by molar-refractivity contribution is 6.42. The van der Waals surface area contributed by atoms with Crippen LogP contribution in [-0.2, 0) is 22.4 Å². The second kappa shape index (κ2) is 6.71. The highest BCUT2D eigenvalue weighted by Gasteiger charge is 2.19. The summed E-state index contributed by atoms with van der Waals surface area (Å²) in [7, 11) is 0. The summed E-state index contributed by atoms with van der Waals surface area (Å²) in [4.78, 5) is 4.61. The van der Waals surface area contributed by atoms with Crippen LogP contribution in [0.5, 0.6) is 0 Å². The first-order chi connectivity index (χ1) is 10.2. The molecule has 1 unspecified atom stereocenters. The largest absolute Gasteiger partial charge is 0.376 e. The number of benzene rings is 1. The van der Waals surface area contributed by atoms with Crippen molar-refractivity contribution in [1.29, 1.82) is 0 Å². The number of hydrogen-bond donors (Lipinski definition) is 0. The van der Waals surface area contributed by atoms with E-state index in [0.29, 0.717) is 48.7 Å². The standard InChI is InChI=1S/C14H15Cl3N2O2/c15-2-1-14-18-12-5-10(16)11(17)6-13(12)19(14)7-9-8-20-3-4-21-9/h5-6,9H,1-4,7-8H2. The zero-order chi connectivity index (χ0) is 14.8. The summed E-state index contributed by atoms with van der Waals surface area (Å²) in [5.41, 5.74) is 1.76. The van der Waals surface area contributed by atoms with E-state index in [1.165, 1.54) is 0 Å². The van der Waals surface area contributed by atoms with E-state index in [0.717, 1.165) is 16.9 Å². The Kier molecular flexibility index (Phi) is 4.92. The number of fused-ring (bicyclic) bond motifs is 1. The molecule has 3 rings (SSSR count). The van der Waals surface area contributed by atoms with E-state index in [1.54, 1.807) is 6.07 Å². The second-order valence-corrected chi connectivity index (χ2v) is 6.09. The summed E-state index contributed by atoms with van der Waals surface area (Å²) < 4.78 is 13.3. The lowest BCUT2D eigenvalue weighted by molar-refractivity contribution is -0.0934. The Morgan fingerprint density at radius 3 is 2.76 bits per heavy atom. The predicted octanol–water partition coefficient (Wildman–Crippen LogP) is 3.54. The van der Waals surface area contributed by atoms with Crippen molar-refractivity contribution in [2.24, 2.45) is 0 Å². The molecule has 0 N–H and O–H groups in total. The maximum atomic E-state index is 6.13. The van der Waals surface area contributed by atoms with Crippen LogP contribution in [-0.4, -0.2) is 41.4 Å². The fraction of sp³-hybridized carbons (Fsp3) is 0.500. The molecule has 0 radical (unpaired) electrons. The zero-order valence-corrected chi connectivity index (χ0v) is 13.6. The third-order valence-electron chi connectivity index (χ3n) is 3.46. The topological polar surface area (TPSA) is 36.3 Å². The molecule has 1 aliphatic heterocycles. The molecule has 7 heteroatoms. The van der Waals surface area contributed by atoms with Gasteiger partial charge in [0.15, 0.2) is 0 Å². The van der Waals surface area contributed by atoms with Crippen LogP contribution < -0.4 is 0 Å². The van der Waals surface area contributed by atoms with Crippen molar-refractivity contribution < 1.29 is 9.47 Å². The second-order valence-electron chi connectivity index (χ2n) is 4.90. The molecular formula is C14H15Cl3N2O2. The van der Waals surface area contributed by atoms with Crippen LogP contribution in [0.4, 0.5) is 0 Å². The van der Waals surface area contributed by atoms with Crippen LogP contribution >= 0.6 is 34.8 Å². The van der Waals surface area contributed by atoms with Crippen molar-refractivity contribution in [1.82, 2.24) is 9.55 Å². The Labute approximate surface area is 137 Å². The molecule has 1 saturated heterocycles. The molecule has 1 aromatic heterocycles. The number of hydrogen-bond acceptors (Lipinski definition) is 3. The van der Waals surface area contributed by atoms with Crippen molar-refractivity contribution >= 4 is 45.8 Å². The van der Waals surface area contributed by atoms with E-state index in [9.17, 15) is 0 Å². The summed E-state index contributed by atoms with van der Waals surface area (Å²) in [5, 5.41) is 1.02. The van der Waals surface area contributed by atoms with Gasteiger partial charge in [-0.05, 0) is 12.1 Å². The molecule has 2 heterocycles. The van der Waals surface area contributed by atoms with Crippen LogP contribution in [0.3, 0.4) is 0 Å². The van der Waals surface area contributed by atoms with Crippen molar-refractivity contribution in [2.45, 2.75) is 19.1 Å². The first-order valence-electron chi connectivity index (χ1n) is 6.78. The summed E-state index contributed by atoms with van der Waals surface area (Å²) in [5.74, 6) is 1.42. The average Bonchev–Trinajstić information content (AvgIpc) is 2.79. The van der Waals surface area contributed by atoms with Crippen molar-refractivity contribution in [3.8, 4) is 0 Å². The van der Waals surface area contributed by atoms with Gasteiger partial charge in [0.1, 0.15) is 5.82 Å². The fourth-order valence-electron chi connectivity index (χ4n) is 2.49. The average molecular weight is 350 g/mol. The van der Waals surface area contributed by atoms with Crippen LogP contribution in [0.25, 0.3) is 11.0 Å². The van der Waals surface area contributed by atoms with Crippen molar-refractivity contribution in [2.75, 3.05) is 25.7 Å². The Balaban J connectivity index is 2.00. The van der Waals surface area contributed by atoms with E-state index >= 15 is 0 Å². The van der Waals surface area contributed by atoms with Crippen molar-refractivity contribution in [3.05, 3.63) is 28.0 Å². The zero-order valence-electron chi connectivity index (χ0n) is 11.3. The lowest BCUT2D eigenvalue weighted by Gasteiger charge is -2.24. The summed E-state index contributed by atoms with van der Waals surface area (Å²) in [6, 6.07) is 3.62. The van der Waals surface area contributed by atoms with Crippen LogP contribution in [0.1, 0.15) is 5.82 Å². The molecule has 1 atom stereocenters. The quantitative estimate of drug-likeness (QED) is 0.792. The lowest BCUT2D eigenvalue weighted by Crippen LogP contribution is -2.32. The van der Waals surface area contributed by atoms with Gasteiger partial charge in [-0.2, -0.15) is 0 Å². The molecule has 1 aliphatic rings. The van der Waals surface area contributed by atoms with Gasteiger partial charge in [-0.1, -0.05) is 23.2 Å². The molecule has 0 aliphatic carbocycles. The van der Waals surface area contributed by atoms with E-state index in [-0.39, 0.29) is 6.10 Å². The van der Waals surface area contributed by atoms with Gasteiger partial charge in [-0.15, -0.1) is 11.6 Å². The summed E-state index contributed by atoms with van der Waals surface area (Å²) >= 11 is 18.1. The molecular weight excluding hydrogens is 335 g/mol. The molecule has 1 aromatic carbocycles. The number of alkyl halides is 1. The van der Waals surface area contributed by atoms with Gasteiger partial charge in [-0.3, -0.25) is 0 Å². The van der Waals surface area contributed by atoms with Crippen molar-refractivity contribution in [3.63, 3.8) is 0 Å². The number of aromatic nitrogens is 2. The molecule has 21 heavy (non-hydrogen) atoms. The normalized spacial score (nSPS) is 19.3. The maximum Gasteiger partial charge on any atom is 0.111 e. The number of nitrogens with zero attached hydrogens (tertiary/aromatic N) is 2. The Morgan fingerprint density at radius 1 is 1.24 bits per heavy atom. The smallest absolute Gasteiger partial charge is 0.111 e. The van der Waals surface area contributed by atoms with Crippen LogP contribution in [0, 0.1) is 0 Å². The third kappa shape index (κ3) is 3.30. The molecule has 1 fully saturated rings. The number of rotatable bonds is 4. The fourth-order valence-corrected chi connectivity index (χ4v) is 2.98. The van der Waals surface area contributed by atoms with Gasteiger partial charge >= 0.3 is 0 Å². The molecule has 0 bridgehead atoms. The summed E-state index contributed by atoms with van der Waals surface area (Å²) in [6.45, 7) is 2.52. The Bertz CT molecular complexity index is 639. The van der Waals surface area contributed by atoms with E-state index in [1.807, 2.05) is 6.07 Å². The number of ether oxygens (including phenoxy) is 2. The molecule has 4 nitrogen and oxygen atoms in total. The molecule has 0 saturated carbocycles.